The molecule has 0 fully saturated rings. The lowest BCUT2D eigenvalue weighted by atomic mass is 10.1. The van der Waals surface area contributed by atoms with Gasteiger partial charge in [0.2, 0.25) is 0 Å². The maximum atomic E-state index is 13.2. The monoisotopic (exact) mass is 282 g/mol. The molecular formula is C13H12ClFN2O2. The predicted octanol–water partition coefficient (Wildman–Crippen LogP) is 2.88. The minimum absolute atomic E-state index is 0.0205. The summed E-state index contributed by atoms with van der Waals surface area (Å²) in [7, 11) is 1.43. The average molecular weight is 283 g/mol. The molecule has 6 heteroatoms. The third-order valence-electron chi connectivity index (χ3n) is 2.65. The highest BCUT2D eigenvalue weighted by molar-refractivity contribution is 6.31. The lowest BCUT2D eigenvalue weighted by molar-refractivity contribution is 0.0964. The average Bonchev–Trinajstić information content (AvgIpc) is 2.68. The van der Waals surface area contributed by atoms with Crippen LogP contribution >= 0.6 is 11.6 Å². The summed E-state index contributed by atoms with van der Waals surface area (Å²) in [4.78, 5) is 12.1. The Morgan fingerprint density at radius 1 is 1.53 bits per heavy atom. The van der Waals surface area contributed by atoms with E-state index < -0.39 is 5.82 Å². The Morgan fingerprint density at radius 3 is 2.84 bits per heavy atom. The van der Waals surface area contributed by atoms with Crippen LogP contribution in [0.3, 0.4) is 0 Å². The van der Waals surface area contributed by atoms with E-state index in [1.807, 2.05) is 0 Å². The first-order valence-electron chi connectivity index (χ1n) is 5.57. The van der Waals surface area contributed by atoms with Gasteiger partial charge >= 0.3 is 0 Å². The Balaban J connectivity index is 2.27. The van der Waals surface area contributed by atoms with Crippen LogP contribution in [0.4, 0.5) is 4.39 Å². The fourth-order valence-corrected chi connectivity index (χ4v) is 1.86. The summed E-state index contributed by atoms with van der Waals surface area (Å²) in [6.07, 6.45) is 1.56. The third kappa shape index (κ3) is 2.93. The summed E-state index contributed by atoms with van der Waals surface area (Å²) in [5.41, 5.74) is 0.826. The summed E-state index contributed by atoms with van der Waals surface area (Å²) in [5, 5.41) is 4.57. The van der Waals surface area contributed by atoms with Crippen molar-refractivity contribution in [3.05, 3.63) is 46.5 Å². The van der Waals surface area contributed by atoms with Crippen molar-refractivity contribution >= 4 is 17.4 Å². The molecule has 2 rings (SSSR count). The van der Waals surface area contributed by atoms with Crippen molar-refractivity contribution in [1.29, 1.82) is 0 Å². The number of ketones is 1. The number of hydrogen-bond donors (Lipinski definition) is 0. The maximum absolute atomic E-state index is 13.2. The molecule has 0 saturated carbocycles. The van der Waals surface area contributed by atoms with Gasteiger partial charge in [0.25, 0.3) is 0 Å². The van der Waals surface area contributed by atoms with Crippen LogP contribution in [0.5, 0.6) is 5.75 Å². The lowest BCUT2D eigenvalue weighted by Gasteiger charge is -2.07. The molecule has 1 heterocycles. The number of benzene rings is 1. The van der Waals surface area contributed by atoms with Crippen molar-refractivity contribution in [2.75, 3.05) is 7.11 Å². The minimum Gasteiger partial charge on any atom is -0.496 e. The number of aryl methyl sites for hydroxylation is 1. The molecule has 0 aliphatic heterocycles. The second kappa shape index (κ2) is 5.40. The summed E-state index contributed by atoms with van der Waals surface area (Å²) in [6, 6.07) is 3.81. The van der Waals surface area contributed by atoms with Crippen LogP contribution in [0, 0.1) is 12.7 Å². The van der Waals surface area contributed by atoms with E-state index in [1.165, 1.54) is 23.9 Å². The van der Waals surface area contributed by atoms with E-state index in [1.54, 1.807) is 13.1 Å². The molecule has 0 bridgehead atoms. The number of halogens is 2. The molecule has 19 heavy (non-hydrogen) atoms. The third-order valence-corrected chi connectivity index (χ3v) is 3.03. The Hall–Kier alpha value is -1.88. The van der Waals surface area contributed by atoms with Gasteiger partial charge < -0.3 is 4.74 Å². The number of rotatable bonds is 4. The molecular weight excluding hydrogens is 271 g/mol. The minimum atomic E-state index is -0.487. The fourth-order valence-electron chi connectivity index (χ4n) is 1.70. The number of aromatic nitrogens is 2. The van der Waals surface area contributed by atoms with Crippen molar-refractivity contribution in [1.82, 2.24) is 9.78 Å². The fraction of sp³-hybridized carbons (Fsp3) is 0.231. The molecule has 0 aliphatic rings. The van der Waals surface area contributed by atoms with E-state index in [-0.39, 0.29) is 17.9 Å². The van der Waals surface area contributed by atoms with E-state index in [0.717, 1.165) is 6.07 Å². The van der Waals surface area contributed by atoms with E-state index in [0.29, 0.717) is 16.5 Å². The highest BCUT2D eigenvalue weighted by atomic mass is 35.5. The zero-order valence-corrected chi connectivity index (χ0v) is 11.2. The molecule has 0 amide bonds. The molecule has 0 aliphatic carbocycles. The van der Waals surface area contributed by atoms with E-state index in [4.69, 9.17) is 16.3 Å². The van der Waals surface area contributed by atoms with Gasteiger partial charge in [-0.25, -0.2) is 4.39 Å². The first-order chi connectivity index (χ1) is 9.01. The zero-order chi connectivity index (χ0) is 14.0. The highest BCUT2D eigenvalue weighted by Crippen LogP contribution is 2.21. The molecule has 100 valence electrons. The Labute approximate surface area is 114 Å². The quantitative estimate of drug-likeness (QED) is 0.810. The van der Waals surface area contributed by atoms with E-state index >= 15 is 0 Å². The lowest BCUT2D eigenvalue weighted by Crippen LogP contribution is -2.12. The second-order valence-corrected chi connectivity index (χ2v) is 4.44. The van der Waals surface area contributed by atoms with Gasteiger partial charge in [-0.05, 0) is 25.1 Å². The number of ether oxygens (including phenoxy) is 1. The van der Waals surface area contributed by atoms with Gasteiger partial charge in [0.15, 0.2) is 5.78 Å². The summed E-state index contributed by atoms with van der Waals surface area (Å²) in [6.45, 7) is 1.72. The molecule has 0 atom stereocenters. The summed E-state index contributed by atoms with van der Waals surface area (Å²) >= 11 is 5.86. The van der Waals surface area contributed by atoms with E-state index in [9.17, 15) is 9.18 Å². The summed E-state index contributed by atoms with van der Waals surface area (Å²) < 4.78 is 19.7. The number of methoxy groups -OCH3 is 1. The van der Waals surface area contributed by atoms with Crippen molar-refractivity contribution < 1.29 is 13.9 Å². The summed E-state index contributed by atoms with van der Waals surface area (Å²) in [5.74, 6) is -0.448. The standard InChI is InChI=1S/C13H12ClFN2O2/c1-8-11(14)6-17(16-8)7-12(18)10-5-9(15)3-4-13(10)19-2/h3-6H,7H2,1-2H3. The van der Waals surface area contributed by atoms with Crippen LogP contribution in [0.15, 0.2) is 24.4 Å². The number of carbonyl (C=O) groups is 1. The van der Waals surface area contributed by atoms with Gasteiger partial charge in [-0.15, -0.1) is 0 Å². The van der Waals surface area contributed by atoms with Gasteiger partial charge in [-0.2, -0.15) is 5.10 Å². The number of Topliss-reactive ketones (excluding diaryl/α,β-unsaturated/α-hetero) is 1. The van der Waals surface area contributed by atoms with Crippen molar-refractivity contribution in [3.8, 4) is 5.75 Å². The second-order valence-electron chi connectivity index (χ2n) is 4.03. The maximum Gasteiger partial charge on any atom is 0.188 e. The van der Waals surface area contributed by atoms with Crippen LogP contribution in [0.1, 0.15) is 16.1 Å². The van der Waals surface area contributed by atoms with Crippen molar-refractivity contribution in [2.24, 2.45) is 0 Å². The molecule has 0 N–H and O–H groups in total. The van der Waals surface area contributed by atoms with Crippen LogP contribution < -0.4 is 4.74 Å². The number of carbonyl (C=O) groups excluding carboxylic acids is 1. The SMILES string of the molecule is COc1ccc(F)cc1C(=O)Cn1cc(Cl)c(C)n1. The first kappa shape index (κ1) is 13.5. The number of hydrogen-bond acceptors (Lipinski definition) is 3. The van der Waals surface area contributed by atoms with Crippen molar-refractivity contribution in [2.45, 2.75) is 13.5 Å². The Bertz CT molecular complexity index is 606. The van der Waals surface area contributed by atoms with Gasteiger partial charge in [0.1, 0.15) is 18.1 Å². The molecule has 0 spiro atoms. The molecule has 1 aromatic heterocycles. The largest absolute Gasteiger partial charge is 0.496 e. The normalized spacial score (nSPS) is 10.5. The Kier molecular flexibility index (Phi) is 3.85. The number of nitrogens with zero attached hydrogens (tertiary/aromatic N) is 2. The van der Waals surface area contributed by atoms with Crippen LogP contribution in [-0.2, 0) is 6.54 Å². The van der Waals surface area contributed by atoms with Crippen molar-refractivity contribution in [3.63, 3.8) is 0 Å². The smallest absolute Gasteiger partial charge is 0.188 e. The molecule has 1 aromatic carbocycles. The zero-order valence-electron chi connectivity index (χ0n) is 10.5. The van der Waals surface area contributed by atoms with Gasteiger partial charge in [-0.1, -0.05) is 11.6 Å². The van der Waals surface area contributed by atoms with Gasteiger partial charge in [-0.3, -0.25) is 9.48 Å². The highest BCUT2D eigenvalue weighted by Gasteiger charge is 2.15. The van der Waals surface area contributed by atoms with Crippen LogP contribution in [0.25, 0.3) is 0 Å². The molecule has 0 unspecified atom stereocenters. The van der Waals surface area contributed by atoms with E-state index in [2.05, 4.69) is 5.10 Å². The molecule has 0 saturated heterocycles. The topological polar surface area (TPSA) is 44.1 Å². The molecule has 4 nitrogen and oxygen atoms in total. The van der Waals surface area contributed by atoms with Gasteiger partial charge in [0.05, 0.1) is 23.4 Å². The predicted molar refractivity (Wildman–Crippen MR) is 69.3 cm³/mol. The van der Waals surface area contributed by atoms with Crippen LogP contribution in [0.2, 0.25) is 5.02 Å². The Morgan fingerprint density at radius 2 is 2.26 bits per heavy atom. The molecule has 2 aromatic rings. The molecule has 0 radical (unpaired) electrons. The van der Waals surface area contributed by atoms with Crippen LogP contribution in [-0.4, -0.2) is 22.7 Å². The van der Waals surface area contributed by atoms with Gasteiger partial charge in [0, 0.05) is 6.20 Å². The first-order valence-corrected chi connectivity index (χ1v) is 5.95.